The molecular weight excluding hydrogens is 258 g/mol. The zero-order chi connectivity index (χ0) is 14.3. The van der Waals surface area contributed by atoms with Gasteiger partial charge in [0.05, 0.1) is 16.4 Å². The molecule has 0 aliphatic heterocycles. The fourth-order valence-electron chi connectivity index (χ4n) is 1.26. The number of aliphatic hydroxyl groups excluding tert-OH is 1. The van der Waals surface area contributed by atoms with Crippen molar-refractivity contribution in [1.29, 1.82) is 0 Å². The maximum absolute atomic E-state index is 12.0. The number of hydrogen-bond acceptors (Lipinski definition) is 3. The van der Waals surface area contributed by atoms with E-state index < -0.39 is 0 Å². The maximum atomic E-state index is 12.0. The highest BCUT2D eigenvalue weighted by Crippen LogP contribution is 2.19. The minimum atomic E-state index is -0.0401. The normalized spacial score (nSPS) is 10.7. The van der Waals surface area contributed by atoms with Gasteiger partial charge in [-0.15, -0.1) is 11.3 Å². The van der Waals surface area contributed by atoms with Crippen molar-refractivity contribution in [3.05, 3.63) is 21.9 Å². The summed E-state index contributed by atoms with van der Waals surface area (Å²) < 4.78 is 0. The highest BCUT2D eigenvalue weighted by Gasteiger charge is 2.17. The van der Waals surface area contributed by atoms with Gasteiger partial charge in [-0.05, 0) is 24.0 Å². The van der Waals surface area contributed by atoms with E-state index in [0.29, 0.717) is 17.8 Å². The Bertz CT molecular complexity index is 480. The fourth-order valence-corrected chi connectivity index (χ4v) is 2.06. The van der Waals surface area contributed by atoms with E-state index in [9.17, 15) is 4.79 Å². The van der Waals surface area contributed by atoms with Crippen molar-refractivity contribution in [2.75, 3.05) is 13.2 Å². The number of nitrogens with one attached hydrogen (secondary N) is 1. The Hall–Kier alpha value is -1.31. The van der Waals surface area contributed by atoms with Crippen LogP contribution in [0.2, 0.25) is 0 Å². The maximum Gasteiger partial charge on any atom is 0.261 e. The van der Waals surface area contributed by atoms with Gasteiger partial charge < -0.3 is 10.4 Å². The molecule has 1 amide bonds. The number of carbonyl (C=O) groups is 1. The van der Waals surface area contributed by atoms with Crippen LogP contribution in [0.4, 0.5) is 0 Å². The number of carbonyl (C=O) groups excluding carboxylic acids is 1. The molecule has 0 aliphatic rings. The Balaban J connectivity index is 2.57. The molecule has 0 bridgehead atoms. The molecule has 1 aromatic heterocycles. The number of hydrogen-bond donors (Lipinski definition) is 2. The molecule has 0 aliphatic carbocycles. The Labute approximate surface area is 119 Å². The molecule has 0 spiro atoms. The number of amides is 1. The smallest absolute Gasteiger partial charge is 0.261 e. The van der Waals surface area contributed by atoms with E-state index in [1.54, 1.807) is 6.07 Å². The topological polar surface area (TPSA) is 49.3 Å². The Morgan fingerprint density at radius 2 is 2.21 bits per heavy atom. The lowest BCUT2D eigenvalue weighted by molar-refractivity contribution is 0.0940. The van der Waals surface area contributed by atoms with Gasteiger partial charge in [0.25, 0.3) is 5.91 Å². The molecule has 0 atom stereocenters. The van der Waals surface area contributed by atoms with Crippen molar-refractivity contribution in [3.8, 4) is 11.8 Å². The molecule has 0 fully saturated rings. The first-order valence-electron chi connectivity index (χ1n) is 6.46. The minimum absolute atomic E-state index is 0.0401. The van der Waals surface area contributed by atoms with E-state index in [1.165, 1.54) is 11.3 Å². The van der Waals surface area contributed by atoms with Gasteiger partial charge in [0.15, 0.2) is 0 Å². The molecule has 3 nitrogen and oxygen atoms in total. The van der Waals surface area contributed by atoms with E-state index in [-0.39, 0.29) is 17.9 Å². The highest BCUT2D eigenvalue weighted by atomic mass is 32.1. The molecule has 104 valence electrons. The first-order chi connectivity index (χ1) is 8.98. The van der Waals surface area contributed by atoms with Crippen molar-refractivity contribution in [1.82, 2.24) is 5.32 Å². The van der Waals surface area contributed by atoms with E-state index >= 15 is 0 Å². The van der Waals surface area contributed by atoms with Crippen LogP contribution >= 0.6 is 11.3 Å². The van der Waals surface area contributed by atoms with Gasteiger partial charge in [0.1, 0.15) is 0 Å². The lowest BCUT2D eigenvalue weighted by atomic mass is 9.90. The molecule has 0 saturated heterocycles. The molecule has 1 aromatic rings. The Morgan fingerprint density at radius 1 is 1.47 bits per heavy atom. The number of thiophene rings is 1. The molecule has 0 radical (unpaired) electrons. The van der Waals surface area contributed by atoms with Gasteiger partial charge in [0, 0.05) is 13.0 Å². The van der Waals surface area contributed by atoms with Crippen LogP contribution in [0.3, 0.4) is 0 Å². The van der Waals surface area contributed by atoms with Crippen molar-refractivity contribution in [3.63, 3.8) is 0 Å². The van der Waals surface area contributed by atoms with Crippen LogP contribution in [0.25, 0.3) is 0 Å². The second-order valence-corrected chi connectivity index (χ2v) is 6.22. The molecule has 0 unspecified atom stereocenters. The zero-order valence-corrected chi connectivity index (χ0v) is 12.6. The number of rotatable bonds is 5. The third-order valence-corrected chi connectivity index (χ3v) is 3.96. The molecule has 1 heterocycles. The van der Waals surface area contributed by atoms with E-state index in [4.69, 9.17) is 5.11 Å². The van der Waals surface area contributed by atoms with Gasteiger partial charge in [-0.2, -0.15) is 0 Å². The van der Waals surface area contributed by atoms with Crippen LogP contribution in [0.1, 0.15) is 48.2 Å². The van der Waals surface area contributed by atoms with Crippen molar-refractivity contribution < 1.29 is 9.90 Å². The standard InChI is InChI=1S/C15H21NO2S/c1-4-15(2,3)11-16-14(18)13-9-8-12(19-13)7-5-6-10-17/h8-9,17H,4,6,10-11H2,1-3H3,(H,16,18). The van der Waals surface area contributed by atoms with Gasteiger partial charge in [-0.3, -0.25) is 4.79 Å². The minimum Gasteiger partial charge on any atom is -0.395 e. The number of aliphatic hydroxyl groups is 1. The third kappa shape index (κ3) is 5.46. The fraction of sp³-hybridized carbons (Fsp3) is 0.533. The first kappa shape index (κ1) is 15.7. The van der Waals surface area contributed by atoms with Crippen molar-refractivity contribution >= 4 is 17.2 Å². The van der Waals surface area contributed by atoms with Crippen LogP contribution in [0.5, 0.6) is 0 Å². The molecular formula is C15H21NO2S. The van der Waals surface area contributed by atoms with Crippen LogP contribution in [0, 0.1) is 17.3 Å². The van der Waals surface area contributed by atoms with Gasteiger partial charge in [-0.1, -0.05) is 32.6 Å². The Morgan fingerprint density at radius 3 is 2.84 bits per heavy atom. The summed E-state index contributed by atoms with van der Waals surface area (Å²) in [5.74, 6) is 5.74. The predicted molar refractivity (Wildman–Crippen MR) is 79.3 cm³/mol. The third-order valence-electron chi connectivity index (χ3n) is 2.96. The summed E-state index contributed by atoms with van der Waals surface area (Å²) in [7, 11) is 0. The second kappa shape index (κ2) is 7.32. The van der Waals surface area contributed by atoms with Crippen LogP contribution in [0.15, 0.2) is 12.1 Å². The van der Waals surface area contributed by atoms with Gasteiger partial charge >= 0.3 is 0 Å². The summed E-state index contributed by atoms with van der Waals surface area (Å²) in [6.07, 6.45) is 1.49. The van der Waals surface area contributed by atoms with E-state index in [2.05, 4.69) is 37.9 Å². The highest BCUT2D eigenvalue weighted by molar-refractivity contribution is 7.14. The molecule has 0 aromatic carbocycles. The molecule has 0 saturated carbocycles. The SMILES string of the molecule is CCC(C)(C)CNC(=O)c1ccc(C#CCCO)s1. The summed E-state index contributed by atoms with van der Waals surface area (Å²) in [4.78, 5) is 13.5. The molecule has 4 heteroatoms. The second-order valence-electron chi connectivity index (χ2n) is 5.14. The summed E-state index contributed by atoms with van der Waals surface area (Å²) in [5.41, 5.74) is 0.122. The van der Waals surface area contributed by atoms with Crippen LogP contribution in [-0.2, 0) is 0 Å². The average molecular weight is 279 g/mol. The quantitative estimate of drug-likeness (QED) is 0.814. The van der Waals surface area contributed by atoms with Crippen LogP contribution < -0.4 is 5.32 Å². The average Bonchev–Trinajstić information content (AvgIpc) is 2.85. The largest absolute Gasteiger partial charge is 0.395 e. The predicted octanol–water partition coefficient (Wildman–Crippen LogP) is 2.65. The van der Waals surface area contributed by atoms with Gasteiger partial charge in [0.2, 0.25) is 0 Å². The monoisotopic (exact) mass is 279 g/mol. The lowest BCUT2D eigenvalue weighted by Crippen LogP contribution is -2.33. The summed E-state index contributed by atoms with van der Waals surface area (Å²) in [6.45, 7) is 7.12. The molecule has 1 rings (SSSR count). The molecule has 2 N–H and O–H groups in total. The molecule has 19 heavy (non-hydrogen) atoms. The lowest BCUT2D eigenvalue weighted by Gasteiger charge is -2.22. The zero-order valence-electron chi connectivity index (χ0n) is 11.7. The Kier molecular flexibility index (Phi) is 6.07. The first-order valence-corrected chi connectivity index (χ1v) is 7.28. The van der Waals surface area contributed by atoms with E-state index in [1.807, 2.05) is 6.07 Å². The van der Waals surface area contributed by atoms with Gasteiger partial charge in [-0.25, -0.2) is 0 Å². The van der Waals surface area contributed by atoms with Crippen molar-refractivity contribution in [2.24, 2.45) is 5.41 Å². The summed E-state index contributed by atoms with van der Waals surface area (Å²) in [5, 5.41) is 11.6. The van der Waals surface area contributed by atoms with Crippen LogP contribution in [-0.4, -0.2) is 24.2 Å². The summed E-state index contributed by atoms with van der Waals surface area (Å²) in [6, 6.07) is 3.64. The van der Waals surface area contributed by atoms with E-state index in [0.717, 1.165) is 11.3 Å². The summed E-state index contributed by atoms with van der Waals surface area (Å²) >= 11 is 1.38. The van der Waals surface area contributed by atoms with Crippen molar-refractivity contribution in [2.45, 2.75) is 33.6 Å².